The molecule has 10 heavy (non-hydrogen) atoms. The van der Waals surface area contributed by atoms with Gasteiger partial charge in [0.05, 0.1) is 6.61 Å². The van der Waals surface area contributed by atoms with Crippen molar-refractivity contribution in [3.63, 3.8) is 0 Å². The van der Waals surface area contributed by atoms with Gasteiger partial charge in [-0.2, -0.15) is 0 Å². The highest BCUT2D eigenvalue weighted by Crippen LogP contribution is 2.21. The van der Waals surface area contributed by atoms with Crippen LogP contribution in [0.25, 0.3) is 0 Å². The molecule has 0 bridgehead atoms. The molecule has 0 saturated heterocycles. The van der Waals surface area contributed by atoms with Gasteiger partial charge in [-0.3, -0.25) is 0 Å². The van der Waals surface area contributed by atoms with E-state index in [0.717, 1.165) is 0 Å². The van der Waals surface area contributed by atoms with Crippen LogP contribution in [0.3, 0.4) is 0 Å². The lowest BCUT2D eigenvalue weighted by atomic mass is 10.1. The predicted octanol–water partition coefficient (Wildman–Crippen LogP) is 1.50. The molecule has 1 rings (SSSR count). The van der Waals surface area contributed by atoms with Crippen LogP contribution in [-0.4, -0.2) is 17.9 Å². The molecule has 0 radical (unpaired) electrons. The largest absolute Gasteiger partial charge is 0.392 e. The minimum atomic E-state index is -1.23. The van der Waals surface area contributed by atoms with E-state index >= 15 is 0 Å². The molecule has 1 unspecified atom stereocenters. The van der Waals surface area contributed by atoms with Gasteiger partial charge in [-0.05, 0) is 6.08 Å². The summed E-state index contributed by atoms with van der Waals surface area (Å²) in [6.07, 6.45) is 1.07. The van der Waals surface area contributed by atoms with E-state index in [1.165, 1.54) is 12.2 Å². The van der Waals surface area contributed by atoms with Crippen LogP contribution in [0.2, 0.25) is 0 Å². The van der Waals surface area contributed by atoms with E-state index in [1.807, 2.05) is 0 Å². The van der Waals surface area contributed by atoms with Crippen molar-refractivity contribution in [3.8, 4) is 0 Å². The number of hydrogen-bond acceptors (Lipinski definition) is 1. The third-order valence-corrected chi connectivity index (χ3v) is 1.40. The first-order chi connectivity index (χ1) is 4.74. The zero-order valence-electron chi connectivity index (χ0n) is 5.35. The molecule has 1 N–H and O–H groups in total. The first-order valence-electron chi connectivity index (χ1n) is 3.04. The van der Waals surface area contributed by atoms with E-state index in [0.29, 0.717) is 0 Å². The molecule has 56 valence electrons. The number of aliphatic hydroxyl groups excluding tert-OH is 1. The number of halogens is 2. The third kappa shape index (κ3) is 1.42. The second kappa shape index (κ2) is 2.92. The number of rotatable bonds is 1. The van der Waals surface area contributed by atoms with E-state index < -0.39 is 12.0 Å². The molecule has 0 aromatic heterocycles. The fraction of sp³-hybridized carbons (Fsp3) is 0.429. The molecule has 0 saturated carbocycles. The summed E-state index contributed by atoms with van der Waals surface area (Å²) in [7, 11) is 0. The van der Waals surface area contributed by atoms with Gasteiger partial charge in [0.25, 0.3) is 0 Å². The molecule has 0 heterocycles. The lowest BCUT2D eigenvalue weighted by molar-refractivity contribution is 0.317. The van der Waals surface area contributed by atoms with Gasteiger partial charge in [0.15, 0.2) is 0 Å². The smallest absolute Gasteiger partial charge is 0.125 e. The summed E-state index contributed by atoms with van der Waals surface area (Å²) in [4.78, 5) is 0. The molecule has 0 aromatic carbocycles. The van der Waals surface area contributed by atoms with Crippen LogP contribution >= 0.6 is 0 Å². The maximum absolute atomic E-state index is 12.5. The molecule has 0 amide bonds. The first kappa shape index (κ1) is 7.41. The summed E-state index contributed by atoms with van der Waals surface area (Å²) >= 11 is 0. The first-order valence-corrected chi connectivity index (χ1v) is 3.04. The Morgan fingerprint density at radius 1 is 1.70 bits per heavy atom. The second-order valence-corrected chi connectivity index (χ2v) is 2.17. The van der Waals surface area contributed by atoms with Gasteiger partial charge in [-0.25, -0.2) is 8.78 Å². The van der Waals surface area contributed by atoms with E-state index in [1.54, 1.807) is 0 Å². The van der Waals surface area contributed by atoms with E-state index in [4.69, 9.17) is 5.11 Å². The molecular formula is C7H8F2O. The van der Waals surface area contributed by atoms with E-state index in [-0.39, 0.29) is 18.6 Å². The maximum Gasteiger partial charge on any atom is 0.125 e. The Balaban J connectivity index is 2.73. The number of hydrogen-bond donors (Lipinski definition) is 1. The van der Waals surface area contributed by atoms with Crippen molar-refractivity contribution in [1.82, 2.24) is 0 Å². The van der Waals surface area contributed by atoms with Crippen molar-refractivity contribution in [3.05, 3.63) is 23.6 Å². The number of allylic oxidation sites excluding steroid dienone is 2. The minimum Gasteiger partial charge on any atom is -0.392 e. The maximum atomic E-state index is 12.5. The minimum absolute atomic E-state index is 0.189. The lowest BCUT2D eigenvalue weighted by Gasteiger charge is -2.09. The summed E-state index contributed by atoms with van der Waals surface area (Å²) in [6, 6.07) is 0. The molecule has 0 aromatic rings. The predicted molar refractivity (Wildman–Crippen MR) is 33.9 cm³/mol. The van der Waals surface area contributed by atoms with Crippen molar-refractivity contribution >= 4 is 0 Å². The van der Waals surface area contributed by atoms with Gasteiger partial charge in [-0.15, -0.1) is 0 Å². The van der Waals surface area contributed by atoms with Crippen molar-refractivity contribution in [2.24, 2.45) is 0 Å². The van der Waals surface area contributed by atoms with Crippen molar-refractivity contribution in [1.29, 1.82) is 0 Å². The highest BCUT2D eigenvalue weighted by molar-refractivity contribution is 5.28. The van der Waals surface area contributed by atoms with Gasteiger partial charge >= 0.3 is 0 Å². The Hall–Kier alpha value is -0.700. The monoisotopic (exact) mass is 146 g/mol. The zero-order valence-corrected chi connectivity index (χ0v) is 5.35. The summed E-state index contributed by atoms with van der Waals surface area (Å²) in [6.45, 7) is -0.352. The van der Waals surface area contributed by atoms with Crippen molar-refractivity contribution in [2.45, 2.75) is 12.6 Å². The van der Waals surface area contributed by atoms with Crippen LogP contribution in [0.4, 0.5) is 8.78 Å². The van der Waals surface area contributed by atoms with E-state index in [2.05, 4.69) is 0 Å². The average molecular weight is 146 g/mol. The summed E-state index contributed by atoms with van der Waals surface area (Å²) in [5, 5.41) is 8.48. The van der Waals surface area contributed by atoms with Gasteiger partial charge in [0, 0.05) is 12.0 Å². The molecule has 0 aliphatic heterocycles. The van der Waals surface area contributed by atoms with Crippen LogP contribution in [0.1, 0.15) is 6.42 Å². The molecule has 1 aliphatic carbocycles. The zero-order chi connectivity index (χ0) is 7.56. The molecule has 1 nitrogen and oxygen atoms in total. The fourth-order valence-electron chi connectivity index (χ4n) is 0.820. The second-order valence-electron chi connectivity index (χ2n) is 2.17. The highest BCUT2D eigenvalue weighted by atomic mass is 19.1. The molecule has 3 heteroatoms. The van der Waals surface area contributed by atoms with Gasteiger partial charge in [0.2, 0.25) is 0 Å². The summed E-state index contributed by atoms with van der Waals surface area (Å²) < 4.78 is 24.8. The number of alkyl halides is 1. The lowest BCUT2D eigenvalue weighted by Crippen LogP contribution is -2.04. The van der Waals surface area contributed by atoms with Crippen LogP contribution in [-0.2, 0) is 0 Å². The van der Waals surface area contributed by atoms with Crippen LogP contribution in [0.5, 0.6) is 0 Å². The number of aliphatic hydroxyl groups is 1. The molecule has 0 fully saturated rings. The summed E-state index contributed by atoms with van der Waals surface area (Å²) in [5.74, 6) is -0.544. The highest BCUT2D eigenvalue weighted by Gasteiger charge is 2.14. The molecule has 0 spiro atoms. The van der Waals surface area contributed by atoms with Crippen molar-refractivity contribution < 1.29 is 13.9 Å². The quantitative estimate of drug-likeness (QED) is 0.594. The van der Waals surface area contributed by atoms with E-state index in [9.17, 15) is 8.78 Å². The van der Waals surface area contributed by atoms with Gasteiger partial charge < -0.3 is 5.11 Å². The molecule has 1 aliphatic rings. The topological polar surface area (TPSA) is 20.2 Å². The normalized spacial score (nSPS) is 25.7. The van der Waals surface area contributed by atoms with Crippen LogP contribution < -0.4 is 0 Å². The van der Waals surface area contributed by atoms with Gasteiger partial charge in [0.1, 0.15) is 12.0 Å². The standard InChI is InChI=1S/C7H8F2O/c8-6-2-1-5(4-10)7(9)3-6/h1-2,6,10H,3-4H2. The Kier molecular flexibility index (Phi) is 2.17. The van der Waals surface area contributed by atoms with Crippen LogP contribution in [0, 0.1) is 0 Å². The third-order valence-electron chi connectivity index (χ3n) is 1.40. The van der Waals surface area contributed by atoms with Crippen molar-refractivity contribution in [2.75, 3.05) is 6.61 Å². The molecule has 1 atom stereocenters. The fourth-order valence-corrected chi connectivity index (χ4v) is 0.820. The molecular weight excluding hydrogens is 138 g/mol. The van der Waals surface area contributed by atoms with Crippen LogP contribution in [0.15, 0.2) is 23.6 Å². The SMILES string of the molecule is OCC1=C(F)CC(F)C=C1. The Bertz CT molecular complexity index is 184. The average Bonchev–Trinajstić information content (AvgIpc) is 1.88. The Labute approximate surface area is 57.7 Å². The Morgan fingerprint density at radius 2 is 2.40 bits per heavy atom. The summed E-state index contributed by atoms with van der Waals surface area (Å²) in [5.41, 5.74) is 0.189. The van der Waals surface area contributed by atoms with Gasteiger partial charge in [-0.1, -0.05) is 6.08 Å². The Morgan fingerprint density at radius 3 is 2.90 bits per heavy atom.